The minimum Gasteiger partial charge on any atom is -0.454 e. The minimum absolute atomic E-state index is 0.0883. The summed E-state index contributed by atoms with van der Waals surface area (Å²) in [6.45, 7) is 2.90. The number of nitrogens with zero attached hydrogens (tertiary/aromatic N) is 1. The van der Waals surface area contributed by atoms with Gasteiger partial charge in [-0.1, -0.05) is 37.9 Å². The lowest BCUT2D eigenvalue weighted by Crippen LogP contribution is -2.38. The molecular formula is C21H22Br2N2O5. The smallest absolute Gasteiger partial charge is 0.326 e. The number of benzene rings is 1. The molecule has 3 amide bonds. The van der Waals surface area contributed by atoms with E-state index in [1.807, 2.05) is 32.0 Å². The van der Waals surface area contributed by atoms with E-state index in [1.165, 1.54) is 0 Å². The maximum atomic E-state index is 12.8. The zero-order chi connectivity index (χ0) is 21.7. The second kappa shape index (κ2) is 8.07. The summed E-state index contributed by atoms with van der Waals surface area (Å²) in [5.74, 6) is -2.44. The molecule has 4 rings (SSSR count). The first-order chi connectivity index (χ1) is 14.2. The molecule has 2 aliphatic carbocycles. The van der Waals surface area contributed by atoms with Crippen LogP contribution >= 0.6 is 31.9 Å². The van der Waals surface area contributed by atoms with Crippen LogP contribution in [-0.2, 0) is 23.9 Å². The molecule has 7 nitrogen and oxygen atoms in total. The summed E-state index contributed by atoms with van der Waals surface area (Å²) in [7, 11) is 0. The fourth-order valence-corrected chi connectivity index (χ4v) is 7.00. The van der Waals surface area contributed by atoms with Crippen molar-refractivity contribution in [3.63, 3.8) is 0 Å². The average Bonchev–Trinajstić information content (AvgIpc) is 3.26. The van der Waals surface area contributed by atoms with Gasteiger partial charge in [-0.25, -0.2) is 0 Å². The largest absolute Gasteiger partial charge is 0.454 e. The highest BCUT2D eigenvalue weighted by Crippen LogP contribution is 2.60. The average molecular weight is 542 g/mol. The first-order valence-electron chi connectivity index (χ1n) is 9.84. The van der Waals surface area contributed by atoms with Crippen LogP contribution in [0.15, 0.2) is 18.2 Å². The first kappa shape index (κ1) is 21.5. The van der Waals surface area contributed by atoms with Gasteiger partial charge in [-0.3, -0.25) is 24.1 Å². The van der Waals surface area contributed by atoms with Gasteiger partial charge in [-0.2, -0.15) is 0 Å². The molecular weight excluding hydrogens is 520 g/mol. The second-order valence-electron chi connectivity index (χ2n) is 8.35. The number of likely N-dealkylation sites (tertiary alicyclic amines) is 1. The lowest BCUT2D eigenvalue weighted by atomic mass is 9.81. The number of hydrogen-bond acceptors (Lipinski definition) is 5. The van der Waals surface area contributed by atoms with Crippen LogP contribution in [0.25, 0.3) is 0 Å². The van der Waals surface area contributed by atoms with Crippen molar-refractivity contribution in [2.45, 2.75) is 29.9 Å². The van der Waals surface area contributed by atoms with E-state index in [4.69, 9.17) is 4.74 Å². The Morgan fingerprint density at radius 3 is 2.10 bits per heavy atom. The number of carbonyl (C=O) groups excluding carboxylic acids is 4. The van der Waals surface area contributed by atoms with Crippen LogP contribution in [0.1, 0.15) is 17.5 Å². The van der Waals surface area contributed by atoms with Gasteiger partial charge in [0.1, 0.15) is 6.54 Å². The van der Waals surface area contributed by atoms with Crippen LogP contribution in [0.3, 0.4) is 0 Å². The van der Waals surface area contributed by atoms with E-state index >= 15 is 0 Å². The van der Waals surface area contributed by atoms with E-state index in [1.54, 1.807) is 0 Å². The van der Waals surface area contributed by atoms with Gasteiger partial charge in [-0.05, 0) is 55.4 Å². The SMILES string of the molecule is Cc1cc(C)cc(NC(=O)COC(=O)CN2C(=O)[C@@H]3[C@H]4C[C@@H]([C@H](Br)[C@@H]4Br)[C@@H]3C2=O)c1. The Kier molecular flexibility index (Phi) is 5.78. The highest BCUT2D eigenvalue weighted by atomic mass is 79.9. The number of rotatable bonds is 5. The van der Waals surface area contributed by atoms with E-state index in [-0.39, 0.29) is 45.1 Å². The molecule has 0 radical (unpaired) electrons. The maximum absolute atomic E-state index is 12.8. The lowest BCUT2D eigenvalue weighted by molar-refractivity contribution is -0.154. The van der Waals surface area contributed by atoms with Gasteiger partial charge in [0.25, 0.3) is 5.91 Å². The molecule has 3 fully saturated rings. The number of imide groups is 1. The topological polar surface area (TPSA) is 92.8 Å². The number of esters is 1. The summed E-state index contributed by atoms with van der Waals surface area (Å²) in [6.07, 6.45) is 0.829. The molecule has 1 aromatic carbocycles. The molecule has 30 heavy (non-hydrogen) atoms. The number of ether oxygens (including phenoxy) is 1. The minimum atomic E-state index is -0.773. The highest BCUT2D eigenvalue weighted by molar-refractivity contribution is 9.12. The molecule has 1 heterocycles. The monoisotopic (exact) mass is 540 g/mol. The number of nitrogens with one attached hydrogen (secondary N) is 1. The fraction of sp³-hybridized carbons (Fsp3) is 0.524. The van der Waals surface area contributed by atoms with E-state index in [2.05, 4.69) is 37.2 Å². The van der Waals surface area contributed by atoms with Gasteiger partial charge in [0.15, 0.2) is 6.61 Å². The number of amides is 3. The third-order valence-corrected chi connectivity index (χ3v) is 9.44. The Hall–Kier alpha value is -1.74. The summed E-state index contributed by atoms with van der Waals surface area (Å²) in [6, 6.07) is 5.61. The third-order valence-electron chi connectivity index (χ3n) is 6.24. The molecule has 2 saturated carbocycles. The van der Waals surface area contributed by atoms with Crippen molar-refractivity contribution in [1.82, 2.24) is 4.90 Å². The number of carbonyl (C=O) groups is 4. The number of halogens is 2. The summed E-state index contributed by atoms with van der Waals surface area (Å²) in [5.41, 5.74) is 2.63. The zero-order valence-corrected chi connectivity index (χ0v) is 19.7. The summed E-state index contributed by atoms with van der Waals surface area (Å²) in [4.78, 5) is 51.2. The first-order valence-corrected chi connectivity index (χ1v) is 11.7. The van der Waals surface area contributed by atoms with Crippen LogP contribution in [0, 0.1) is 37.5 Å². The van der Waals surface area contributed by atoms with Crippen molar-refractivity contribution < 1.29 is 23.9 Å². The molecule has 0 unspecified atom stereocenters. The molecule has 9 heteroatoms. The maximum Gasteiger partial charge on any atom is 0.326 e. The van der Waals surface area contributed by atoms with Crippen molar-refractivity contribution >= 4 is 61.2 Å². The number of aryl methyl sites for hydroxylation is 2. The molecule has 1 N–H and O–H groups in total. The van der Waals surface area contributed by atoms with Crippen LogP contribution in [0.4, 0.5) is 5.69 Å². The van der Waals surface area contributed by atoms with Gasteiger partial charge in [0.2, 0.25) is 11.8 Å². The van der Waals surface area contributed by atoms with Gasteiger partial charge < -0.3 is 10.1 Å². The third kappa shape index (κ3) is 3.70. The number of anilines is 1. The second-order valence-corrected chi connectivity index (χ2v) is 10.5. The van der Waals surface area contributed by atoms with Crippen molar-refractivity contribution in [3.05, 3.63) is 29.3 Å². The molecule has 1 aromatic rings. The quantitative estimate of drug-likeness (QED) is 0.351. The summed E-state index contributed by atoms with van der Waals surface area (Å²) in [5, 5.41) is 2.68. The number of fused-ring (bicyclic) bond motifs is 5. The normalized spacial score (nSPS) is 31.8. The van der Waals surface area contributed by atoms with Crippen LogP contribution in [0.5, 0.6) is 0 Å². The van der Waals surface area contributed by atoms with E-state index in [9.17, 15) is 19.2 Å². The van der Waals surface area contributed by atoms with Gasteiger partial charge in [-0.15, -0.1) is 0 Å². The van der Waals surface area contributed by atoms with E-state index in [0.717, 1.165) is 22.4 Å². The predicted molar refractivity (Wildman–Crippen MR) is 116 cm³/mol. The molecule has 6 atom stereocenters. The fourth-order valence-electron chi connectivity index (χ4n) is 5.13. The van der Waals surface area contributed by atoms with Crippen LogP contribution in [-0.4, -0.2) is 51.4 Å². The molecule has 3 aliphatic rings. The molecule has 160 valence electrons. The Morgan fingerprint density at radius 2 is 1.57 bits per heavy atom. The Bertz CT molecular complexity index is 884. The predicted octanol–water partition coefficient (Wildman–Crippen LogP) is 2.56. The molecule has 1 aliphatic heterocycles. The van der Waals surface area contributed by atoms with Crippen molar-refractivity contribution in [1.29, 1.82) is 0 Å². The van der Waals surface area contributed by atoms with Gasteiger partial charge in [0.05, 0.1) is 11.8 Å². The van der Waals surface area contributed by atoms with Crippen LogP contribution < -0.4 is 5.32 Å². The standard InChI is InChI=1S/C21H22Br2N2O5/c1-9-3-10(2)5-11(4-9)24-14(26)8-30-15(27)7-25-20(28)16-12-6-13(17(16)21(25)29)19(23)18(12)22/h3-5,12-13,16-19H,6-8H2,1-2H3,(H,24,26)/t12-,13-,16-,17+,18-,19+/m1/s1. The molecule has 2 bridgehead atoms. The number of hydrogen-bond donors (Lipinski definition) is 1. The Morgan fingerprint density at radius 1 is 1.03 bits per heavy atom. The van der Waals surface area contributed by atoms with Crippen molar-refractivity contribution in [3.8, 4) is 0 Å². The Balaban J connectivity index is 1.32. The Labute approximate surface area is 191 Å². The van der Waals surface area contributed by atoms with E-state index < -0.39 is 25.0 Å². The zero-order valence-electron chi connectivity index (χ0n) is 16.6. The van der Waals surface area contributed by atoms with Crippen molar-refractivity contribution in [2.24, 2.45) is 23.7 Å². The van der Waals surface area contributed by atoms with Gasteiger partial charge in [0, 0.05) is 15.3 Å². The highest BCUT2D eigenvalue weighted by Gasteiger charge is 2.66. The van der Waals surface area contributed by atoms with Crippen molar-refractivity contribution in [2.75, 3.05) is 18.5 Å². The lowest BCUT2D eigenvalue weighted by Gasteiger charge is -2.28. The summed E-state index contributed by atoms with van der Waals surface area (Å²) >= 11 is 7.25. The molecule has 1 saturated heterocycles. The number of alkyl halides is 2. The van der Waals surface area contributed by atoms with Gasteiger partial charge >= 0.3 is 5.97 Å². The molecule has 0 spiro atoms. The van der Waals surface area contributed by atoms with Crippen LogP contribution in [0.2, 0.25) is 0 Å². The summed E-state index contributed by atoms with van der Waals surface area (Å²) < 4.78 is 5.01. The van der Waals surface area contributed by atoms with E-state index in [0.29, 0.717) is 5.69 Å². The molecule has 0 aromatic heterocycles.